The molecule has 6 amide bonds. The molecule has 2 aromatic carbocycles. The van der Waals surface area contributed by atoms with Crippen molar-refractivity contribution in [2.75, 3.05) is 101 Å². The number of hydrogen-bond donors (Lipinski definition) is 2. The van der Waals surface area contributed by atoms with E-state index in [0.717, 1.165) is 18.6 Å². The van der Waals surface area contributed by atoms with Gasteiger partial charge in [-0.3, -0.25) is 9.80 Å². The zero-order chi connectivity index (χ0) is 94.9. The van der Waals surface area contributed by atoms with Crippen LogP contribution in [0.25, 0.3) is 11.3 Å². The number of benzene rings is 2. The van der Waals surface area contributed by atoms with Gasteiger partial charge in [-0.05, 0) is 172 Å². The Labute approximate surface area is 770 Å². The number of imide groups is 2. The van der Waals surface area contributed by atoms with E-state index in [1.807, 2.05) is 24.0 Å². The van der Waals surface area contributed by atoms with Crippen molar-refractivity contribution < 1.29 is 112 Å². The van der Waals surface area contributed by atoms with Crippen LogP contribution in [0.4, 0.5) is 96.5 Å². The van der Waals surface area contributed by atoms with Crippen LogP contribution in [0.2, 0.25) is 5.04 Å². The van der Waals surface area contributed by atoms with Crippen LogP contribution in [0.15, 0.2) is 100 Å². The third-order valence-electron chi connectivity index (χ3n) is 19.8. The number of morpholine rings is 2. The molecule has 7 aromatic rings. The van der Waals surface area contributed by atoms with Gasteiger partial charge in [0, 0.05) is 67.9 Å². The summed E-state index contributed by atoms with van der Waals surface area (Å²) in [4.78, 5) is 124. The number of nitrogens with two attached hydrogens (primary N) is 1. The van der Waals surface area contributed by atoms with Crippen LogP contribution in [0.3, 0.4) is 0 Å². The Kier molecular flexibility index (Phi) is 35.7. The lowest BCUT2D eigenvalue weighted by atomic mass is 9.79. The molecule has 3 N–H and O–H groups in total. The smallest absolute Gasteiger partial charge is 0.444 e. The molecule has 0 spiro atoms. The Hall–Kier alpha value is -10.2. The van der Waals surface area contributed by atoms with Crippen molar-refractivity contribution in [2.24, 2.45) is 0 Å². The largest absolute Gasteiger partial charge is 0.498 e. The molecule has 5 aliphatic rings. The first-order valence-electron chi connectivity index (χ1n) is 40.7. The first kappa shape index (κ1) is 107. The van der Waals surface area contributed by atoms with Crippen molar-refractivity contribution in [1.82, 2.24) is 49.8 Å². The van der Waals surface area contributed by atoms with Crippen molar-refractivity contribution in [2.45, 2.75) is 242 Å². The fraction of sp³-hybridized carbons (Fsp3) is 0.553. The number of carbonyl (C=O) groups excluding carboxylic acids is 6. The molecule has 5 aromatic heterocycles. The van der Waals surface area contributed by atoms with E-state index < -0.39 is 146 Å². The molecular weight excluding hydrogens is 1860 g/mol. The molecule has 12 rings (SSSR count). The summed E-state index contributed by atoms with van der Waals surface area (Å²) in [5.41, 5.74) is -1.96. The van der Waals surface area contributed by atoms with Gasteiger partial charge in [-0.25, -0.2) is 95.0 Å². The van der Waals surface area contributed by atoms with Crippen molar-refractivity contribution in [3.8, 4) is 11.3 Å². The summed E-state index contributed by atoms with van der Waals surface area (Å²) in [6.07, 6.45) is -12.4. The number of anilines is 7. The van der Waals surface area contributed by atoms with Crippen LogP contribution in [0.5, 0.6) is 0 Å². The van der Waals surface area contributed by atoms with Gasteiger partial charge >= 0.3 is 43.7 Å². The van der Waals surface area contributed by atoms with Gasteiger partial charge in [0.2, 0.25) is 29.7 Å². The monoisotopic (exact) mass is 1970 g/mol. The number of aromatic nitrogens is 10. The van der Waals surface area contributed by atoms with Crippen LogP contribution < -0.4 is 51.0 Å². The predicted molar refractivity (Wildman–Crippen MR) is 484 cm³/mol. The number of amides is 6. The molecular formula is C85H116BBr2F6N17O18Si. The van der Waals surface area contributed by atoms with Crippen LogP contribution in [0.1, 0.15) is 197 Å². The third-order valence-corrected chi connectivity index (χ3v) is 25.8. The summed E-state index contributed by atoms with van der Waals surface area (Å²) in [5.74, 6) is -0.102. The highest BCUT2D eigenvalue weighted by Crippen LogP contribution is 2.42. The van der Waals surface area contributed by atoms with Gasteiger partial charge in [-0.1, -0.05) is 96.3 Å². The van der Waals surface area contributed by atoms with E-state index in [1.165, 1.54) is 21.3 Å². The van der Waals surface area contributed by atoms with Crippen molar-refractivity contribution >= 4 is 141 Å². The molecule has 0 unspecified atom stereocenters. The molecule has 0 radical (unpaired) electrons. The molecule has 4 atom stereocenters. The molecule has 0 aliphatic carbocycles. The summed E-state index contributed by atoms with van der Waals surface area (Å²) in [7, 11) is -3.97. The highest BCUT2D eigenvalue weighted by Gasteiger charge is 2.55. The first-order valence-corrected chi connectivity index (χ1v) is 44.2. The highest BCUT2D eigenvalue weighted by molar-refractivity contribution is 9.10. The Morgan fingerprint density at radius 3 is 1.35 bits per heavy atom. The van der Waals surface area contributed by atoms with Crippen molar-refractivity contribution in [3.63, 3.8) is 0 Å². The minimum absolute atomic E-state index is 0. The Morgan fingerprint density at radius 1 is 0.546 bits per heavy atom. The van der Waals surface area contributed by atoms with E-state index in [1.54, 1.807) is 129 Å². The molecule has 0 saturated carbocycles. The van der Waals surface area contributed by atoms with Crippen molar-refractivity contribution in [3.05, 3.63) is 118 Å². The molecule has 45 heteroatoms. The number of cyclic esters (lactones) is 2. The number of halogens is 8. The van der Waals surface area contributed by atoms with Crippen LogP contribution in [0, 0.1) is 0 Å². The Balaban J connectivity index is 0.000000239. The van der Waals surface area contributed by atoms with Gasteiger partial charge in [0.15, 0.2) is 0 Å². The van der Waals surface area contributed by atoms with Crippen LogP contribution in [-0.4, -0.2) is 231 Å². The lowest BCUT2D eigenvalue weighted by Gasteiger charge is -2.44. The maximum absolute atomic E-state index is 14.0. The van der Waals surface area contributed by atoms with E-state index in [4.69, 9.17) is 62.3 Å². The second kappa shape index (κ2) is 43.5. The second-order valence-corrected chi connectivity index (χ2v) is 41.7. The number of nitrogens with zero attached hydrogens (tertiary/aromatic N) is 16. The maximum Gasteiger partial charge on any atom is 0.498 e. The van der Waals surface area contributed by atoms with E-state index in [2.05, 4.69) is 151 Å². The molecule has 5 fully saturated rings. The van der Waals surface area contributed by atoms with Gasteiger partial charge in [-0.2, -0.15) is 9.97 Å². The summed E-state index contributed by atoms with van der Waals surface area (Å²) in [6, 6.07) is 23.1. The van der Waals surface area contributed by atoms with E-state index in [0.29, 0.717) is 85.4 Å². The number of ether oxygens (including phenoxy) is 8. The summed E-state index contributed by atoms with van der Waals surface area (Å²) < 4.78 is 143. The van der Waals surface area contributed by atoms with Gasteiger partial charge in [-0.15, -0.1) is 9.80 Å². The lowest BCUT2D eigenvalue weighted by Crippen LogP contribution is -2.67. The van der Waals surface area contributed by atoms with Gasteiger partial charge in [0.1, 0.15) is 80.0 Å². The average molecular weight is 1980 g/mol. The molecule has 0 bridgehead atoms. The van der Waals surface area contributed by atoms with E-state index in [9.17, 15) is 60.2 Å². The predicted octanol–water partition coefficient (Wildman–Crippen LogP) is 15.9. The topological polar surface area (TPSA) is 399 Å². The Bertz CT molecular complexity index is 4950. The molecule has 130 heavy (non-hydrogen) atoms. The highest BCUT2D eigenvalue weighted by atomic mass is 79.9. The summed E-state index contributed by atoms with van der Waals surface area (Å²) in [5, 5.41) is 11.9. The number of carbonyl (C=O) groups is 6. The summed E-state index contributed by atoms with van der Waals surface area (Å²) >= 11 is 6.42. The SMILES string of the molecule is C.C.CC(C)(C)OC(=O)N(C(=O)OC(C)(C)C)c1ncc(B2OC(C)(C)C(C)(C)O2)c(C(F)F)n1.CC(C)(C)OC(=O)N(C(=O)OC(C)(C)C)c1ncc(Br)c(C(F)F)n1.C[C@H]1OC(=O)N(c2cc(-c3cnc(N)nc3C(F)F)nc(N3CCOCC3)n2)[C@H]1CO.C[C@H]1OC(=O)N(c2cc(Br)nc(N3CCOCC3)n2)[C@H]1CO[Si](c1ccccc1)(c1ccccc1)C(C)(C)C. The quantitative estimate of drug-likeness (QED) is 0.0370. The summed E-state index contributed by atoms with van der Waals surface area (Å²) in [6.45, 7) is 40.8. The molecule has 712 valence electrons. The number of aliphatic hydroxyl groups is 1. The Morgan fingerprint density at radius 2 is 0.938 bits per heavy atom. The molecule has 35 nitrogen and oxygen atoms in total. The normalized spacial score (nSPS) is 18.1. The number of rotatable bonds is 17. The fourth-order valence-electron chi connectivity index (χ4n) is 13.2. The number of aliphatic hydroxyl groups excluding tert-OH is 1. The fourth-order valence-corrected chi connectivity index (χ4v) is 18.5. The second-order valence-electron chi connectivity index (χ2n) is 35.7. The molecule has 5 aliphatic heterocycles. The van der Waals surface area contributed by atoms with Crippen LogP contribution in [-0.2, 0) is 51.6 Å². The van der Waals surface area contributed by atoms with Crippen LogP contribution >= 0.6 is 31.9 Å². The minimum atomic E-state index is -3.07. The van der Waals surface area contributed by atoms with E-state index >= 15 is 0 Å². The number of hydrogen-bond acceptors (Lipinski definition) is 31. The number of nitrogen functional groups attached to an aromatic ring is 1. The van der Waals surface area contributed by atoms with Gasteiger partial charge < -0.3 is 72.3 Å². The zero-order valence-electron chi connectivity index (χ0n) is 75.0. The number of alkyl halides is 6. The standard InChI is InChI=1S/C29H35BrN4O4Si.C21H32BF2N3O6.C18H21F2N7O4.C15H20BrF2N3O4.2CH4/c1-21-24(34(28(35)38-21)26-19-25(30)31-27(32-26)33-15-17-36-18-16-33)20-37-39(29(2,3)4,22-11-7-5-8-12-22)23-13-9-6-10-14-23;1-18(2,3)30-16(28)27(17(29)31-19(4,5)6)15-25-11-12(13(26-15)14(23)24)22-32-20(7,8)21(9,10)33-22;1-9-12(8-28)27(18(29)31-9)13-6-11(10-7-22-16(21)25-14(10)15(19)20)23-17(24-13)26-2-4-30-5-3-26;1-14(2,3)24-12(22)21(13(23)25-15(4,5)6)11-19-7-8(16)9(20-11)10(17)18;;/h5-14,19,21,24H,15-18,20H2,1-4H3;11,14H,1-10H3;6-7,9,12,15,28H,2-5,8H2,1H3,(H2,21,22,25);7,10H,1-6H3;2*1H4/t21-,24+;;9-,12+;;;/m1.1.../s1. The first-order chi connectivity index (χ1) is 59.5. The van der Waals surface area contributed by atoms with Gasteiger partial charge in [0.25, 0.3) is 27.6 Å². The van der Waals surface area contributed by atoms with E-state index in [-0.39, 0.29) is 77.6 Å². The zero-order valence-corrected chi connectivity index (χ0v) is 79.2. The third kappa shape index (κ3) is 26.8. The van der Waals surface area contributed by atoms with Crippen molar-refractivity contribution in [1.29, 1.82) is 0 Å². The molecule has 10 heterocycles. The lowest BCUT2D eigenvalue weighted by molar-refractivity contribution is 0.00578. The maximum atomic E-state index is 14.0. The minimum Gasteiger partial charge on any atom is -0.444 e. The van der Waals surface area contributed by atoms with Gasteiger partial charge in [0.05, 0.1) is 61.0 Å². The average Bonchev–Trinajstić information content (AvgIpc) is 0.996. The molecule has 5 saturated heterocycles.